The summed E-state index contributed by atoms with van der Waals surface area (Å²) in [6.07, 6.45) is 2.41. The standard InChI is InChI=1S/C13H20N2O3S/c1-14(10-11-15-8-2-3-9-15)19(17,18)13-6-4-12(16)5-7-13/h4-7,16H,2-3,8-11H2,1H3. The van der Waals surface area contributed by atoms with Gasteiger partial charge in [0.25, 0.3) is 0 Å². The molecule has 0 atom stereocenters. The Bertz CT molecular complexity index is 507. The molecule has 0 bridgehead atoms. The van der Waals surface area contributed by atoms with Gasteiger partial charge in [0.1, 0.15) is 5.75 Å². The van der Waals surface area contributed by atoms with E-state index in [0.717, 1.165) is 19.6 Å². The van der Waals surface area contributed by atoms with Gasteiger partial charge in [0, 0.05) is 20.1 Å². The fourth-order valence-corrected chi connectivity index (χ4v) is 3.37. The second kappa shape index (κ2) is 5.90. The van der Waals surface area contributed by atoms with Crippen molar-refractivity contribution in [1.82, 2.24) is 9.21 Å². The van der Waals surface area contributed by atoms with Gasteiger partial charge in [-0.3, -0.25) is 0 Å². The highest BCUT2D eigenvalue weighted by Gasteiger charge is 2.21. The molecule has 2 rings (SSSR count). The third kappa shape index (κ3) is 3.46. The number of hydrogen-bond donors (Lipinski definition) is 1. The van der Waals surface area contributed by atoms with E-state index < -0.39 is 10.0 Å². The van der Waals surface area contributed by atoms with Crippen molar-refractivity contribution in [1.29, 1.82) is 0 Å². The van der Waals surface area contributed by atoms with Gasteiger partial charge in [-0.25, -0.2) is 8.42 Å². The topological polar surface area (TPSA) is 60.9 Å². The first kappa shape index (κ1) is 14.3. The molecule has 1 N–H and O–H groups in total. The summed E-state index contributed by atoms with van der Waals surface area (Å²) in [7, 11) is -1.86. The molecular formula is C13H20N2O3S. The maximum Gasteiger partial charge on any atom is 0.242 e. The van der Waals surface area contributed by atoms with Gasteiger partial charge in [-0.2, -0.15) is 4.31 Å². The Kier molecular flexibility index (Phi) is 4.44. The van der Waals surface area contributed by atoms with E-state index in [1.807, 2.05) is 0 Å². The Hall–Kier alpha value is -1.11. The predicted octanol–water partition coefficient (Wildman–Crippen LogP) is 1.11. The number of nitrogens with zero attached hydrogens (tertiary/aromatic N) is 2. The van der Waals surface area contributed by atoms with Gasteiger partial charge in [0.05, 0.1) is 4.90 Å². The Balaban J connectivity index is 1.99. The maximum absolute atomic E-state index is 12.3. The number of phenols is 1. The van der Waals surface area contributed by atoms with Crippen LogP contribution < -0.4 is 0 Å². The Labute approximate surface area is 114 Å². The summed E-state index contributed by atoms with van der Waals surface area (Å²) in [5, 5.41) is 9.19. The summed E-state index contributed by atoms with van der Waals surface area (Å²) < 4.78 is 25.9. The molecule has 0 radical (unpaired) electrons. The lowest BCUT2D eigenvalue weighted by Gasteiger charge is -2.21. The first-order chi connectivity index (χ1) is 9.00. The lowest BCUT2D eigenvalue weighted by molar-refractivity contribution is 0.310. The normalized spacial score (nSPS) is 17.2. The molecular weight excluding hydrogens is 264 g/mol. The zero-order chi connectivity index (χ0) is 13.9. The van der Waals surface area contributed by atoms with Crippen molar-refractivity contribution in [2.24, 2.45) is 0 Å². The molecule has 1 aliphatic rings. The van der Waals surface area contributed by atoms with Crippen LogP contribution in [-0.2, 0) is 10.0 Å². The van der Waals surface area contributed by atoms with Crippen molar-refractivity contribution in [3.63, 3.8) is 0 Å². The van der Waals surface area contributed by atoms with Gasteiger partial charge in [-0.1, -0.05) is 0 Å². The number of hydrogen-bond acceptors (Lipinski definition) is 4. The van der Waals surface area contributed by atoms with E-state index in [0.29, 0.717) is 6.54 Å². The molecule has 106 valence electrons. The fourth-order valence-electron chi connectivity index (χ4n) is 2.21. The average molecular weight is 284 g/mol. The van der Waals surface area contributed by atoms with Crippen molar-refractivity contribution in [3.8, 4) is 5.75 Å². The van der Waals surface area contributed by atoms with E-state index in [4.69, 9.17) is 0 Å². The van der Waals surface area contributed by atoms with Gasteiger partial charge in [0.15, 0.2) is 0 Å². The van der Waals surface area contributed by atoms with Gasteiger partial charge < -0.3 is 10.0 Å². The zero-order valence-electron chi connectivity index (χ0n) is 11.1. The average Bonchev–Trinajstić information content (AvgIpc) is 2.89. The van der Waals surface area contributed by atoms with E-state index in [-0.39, 0.29) is 10.6 Å². The molecule has 0 saturated carbocycles. The van der Waals surface area contributed by atoms with Crippen LogP contribution in [0.2, 0.25) is 0 Å². The summed E-state index contributed by atoms with van der Waals surface area (Å²) in [5.74, 6) is 0.0682. The van der Waals surface area contributed by atoms with E-state index in [2.05, 4.69) is 4.90 Å². The second-order valence-electron chi connectivity index (χ2n) is 4.87. The minimum absolute atomic E-state index is 0.0682. The lowest BCUT2D eigenvalue weighted by atomic mass is 10.3. The summed E-state index contributed by atoms with van der Waals surface area (Å²) >= 11 is 0. The molecule has 0 spiro atoms. The SMILES string of the molecule is CN(CCN1CCCC1)S(=O)(=O)c1ccc(O)cc1. The third-order valence-corrected chi connectivity index (χ3v) is 5.35. The maximum atomic E-state index is 12.3. The number of likely N-dealkylation sites (tertiary alicyclic amines) is 1. The molecule has 1 saturated heterocycles. The smallest absolute Gasteiger partial charge is 0.242 e. The largest absolute Gasteiger partial charge is 0.508 e. The lowest BCUT2D eigenvalue weighted by Crippen LogP contribution is -2.35. The molecule has 0 unspecified atom stereocenters. The van der Waals surface area contributed by atoms with E-state index in [1.54, 1.807) is 7.05 Å². The first-order valence-electron chi connectivity index (χ1n) is 6.48. The number of sulfonamides is 1. The summed E-state index contributed by atoms with van der Waals surface area (Å²) in [6, 6.07) is 5.64. The van der Waals surface area contributed by atoms with Crippen LogP contribution in [0.5, 0.6) is 5.75 Å². The molecule has 19 heavy (non-hydrogen) atoms. The van der Waals surface area contributed by atoms with Gasteiger partial charge >= 0.3 is 0 Å². The van der Waals surface area contributed by atoms with Crippen molar-refractivity contribution in [2.45, 2.75) is 17.7 Å². The van der Waals surface area contributed by atoms with Crippen LogP contribution in [0.1, 0.15) is 12.8 Å². The van der Waals surface area contributed by atoms with Crippen LogP contribution in [0, 0.1) is 0 Å². The molecule has 5 nitrogen and oxygen atoms in total. The second-order valence-corrected chi connectivity index (χ2v) is 6.91. The molecule has 0 amide bonds. The third-order valence-electron chi connectivity index (χ3n) is 3.47. The highest BCUT2D eigenvalue weighted by atomic mass is 32.2. The summed E-state index contributed by atoms with van der Waals surface area (Å²) in [4.78, 5) is 2.50. The first-order valence-corrected chi connectivity index (χ1v) is 7.92. The van der Waals surface area contributed by atoms with Crippen LogP contribution in [-0.4, -0.2) is 56.0 Å². The Morgan fingerprint density at radius 3 is 2.37 bits per heavy atom. The predicted molar refractivity (Wildman–Crippen MR) is 73.6 cm³/mol. The molecule has 0 aromatic heterocycles. The fraction of sp³-hybridized carbons (Fsp3) is 0.538. The van der Waals surface area contributed by atoms with E-state index >= 15 is 0 Å². The number of phenolic OH excluding ortho intramolecular Hbond substituents is 1. The highest BCUT2D eigenvalue weighted by Crippen LogP contribution is 2.18. The Morgan fingerprint density at radius 2 is 1.79 bits per heavy atom. The van der Waals surface area contributed by atoms with Crippen molar-refractivity contribution >= 4 is 10.0 Å². The minimum Gasteiger partial charge on any atom is -0.508 e. The summed E-state index contributed by atoms with van der Waals surface area (Å²) in [5.41, 5.74) is 0. The van der Waals surface area contributed by atoms with E-state index in [1.165, 1.54) is 41.4 Å². The summed E-state index contributed by atoms with van der Waals surface area (Å²) in [6.45, 7) is 3.39. The zero-order valence-corrected chi connectivity index (χ0v) is 11.9. The molecule has 0 aliphatic carbocycles. The van der Waals surface area contributed by atoms with E-state index in [9.17, 15) is 13.5 Å². The van der Waals surface area contributed by atoms with Crippen molar-refractivity contribution < 1.29 is 13.5 Å². The van der Waals surface area contributed by atoms with Crippen LogP contribution >= 0.6 is 0 Å². The molecule has 1 aliphatic heterocycles. The van der Waals surface area contributed by atoms with Gasteiger partial charge in [-0.05, 0) is 50.2 Å². The number of benzene rings is 1. The van der Waals surface area contributed by atoms with Crippen molar-refractivity contribution in [2.75, 3.05) is 33.2 Å². The molecule has 1 aromatic carbocycles. The number of rotatable bonds is 5. The number of aromatic hydroxyl groups is 1. The molecule has 1 fully saturated rings. The molecule has 1 heterocycles. The van der Waals surface area contributed by atoms with Crippen LogP contribution in [0.15, 0.2) is 29.2 Å². The number of likely N-dealkylation sites (N-methyl/N-ethyl adjacent to an activating group) is 1. The minimum atomic E-state index is -3.45. The quantitative estimate of drug-likeness (QED) is 0.880. The highest BCUT2D eigenvalue weighted by molar-refractivity contribution is 7.89. The molecule has 6 heteroatoms. The van der Waals surface area contributed by atoms with Crippen LogP contribution in [0.3, 0.4) is 0 Å². The van der Waals surface area contributed by atoms with Gasteiger partial charge in [0.2, 0.25) is 10.0 Å². The molecule has 1 aromatic rings. The van der Waals surface area contributed by atoms with Crippen molar-refractivity contribution in [3.05, 3.63) is 24.3 Å². The Morgan fingerprint density at radius 1 is 1.21 bits per heavy atom. The van der Waals surface area contributed by atoms with Gasteiger partial charge in [-0.15, -0.1) is 0 Å². The van der Waals surface area contributed by atoms with Crippen LogP contribution in [0.4, 0.5) is 0 Å². The van der Waals surface area contributed by atoms with Crippen LogP contribution in [0.25, 0.3) is 0 Å². The monoisotopic (exact) mass is 284 g/mol.